The zero-order valence-electron chi connectivity index (χ0n) is 34.5. The average molecular weight is 921 g/mol. The number of amides is 4. The summed E-state index contributed by atoms with van der Waals surface area (Å²) in [6.07, 6.45) is 0. The number of aromatic nitrogens is 4. The number of hydrogen-bond acceptors (Lipinski definition) is 10. The number of fused-ring (bicyclic) bond motifs is 2. The van der Waals surface area contributed by atoms with Gasteiger partial charge in [-0.1, -0.05) is 70.7 Å². The lowest BCUT2D eigenvalue weighted by atomic mass is 10.2. The summed E-state index contributed by atoms with van der Waals surface area (Å²) in [4.78, 5) is 54.1. The van der Waals surface area contributed by atoms with Crippen molar-refractivity contribution in [1.82, 2.24) is 29.7 Å². The number of para-hydroxylation sites is 4. The summed E-state index contributed by atoms with van der Waals surface area (Å²) in [6.45, 7) is 12.0. The van der Waals surface area contributed by atoms with E-state index in [0.717, 1.165) is 22.4 Å². The molecule has 8 rings (SSSR count). The van der Waals surface area contributed by atoms with Gasteiger partial charge in [-0.25, -0.2) is 29.5 Å². The summed E-state index contributed by atoms with van der Waals surface area (Å²) in [7, 11) is 0. The first-order valence-electron chi connectivity index (χ1n) is 20.4. The van der Waals surface area contributed by atoms with Gasteiger partial charge < -0.3 is 29.1 Å². The van der Waals surface area contributed by atoms with Crippen molar-refractivity contribution in [1.29, 1.82) is 0 Å². The maximum atomic E-state index is 13.4. The summed E-state index contributed by atoms with van der Waals surface area (Å²) >= 11 is 24.5. The second-order valence-corrected chi connectivity index (χ2v) is 16.0. The Kier molecular flexibility index (Phi) is 14.8. The van der Waals surface area contributed by atoms with Crippen LogP contribution in [0.2, 0.25) is 20.1 Å². The molecule has 4 heterocycles. The lowest BCUT2D eigenvalue weighted by Crippen LogP contribution is -2.53. The number of carbonyl (C=O) groups is 2. The van der Waals surface area contributed by atoms with Crippen LogP contribution in [-0.4, -0.2) is 114 Å². The van der Waals surface area contributed by atoms with Crippen LogP contribution < -0.4 is 29.5 Å². The molecule has 2 aromatic heterocycles. The smallest absolute Gasteiger partial charge is 0.325 e. The van der Waals surface area contributed by atoms with Gasteiger partial charge >= 0.3 is 12.1 Å². The van der Waals surface area contributed by atoms with E-state index in [0.29, 0.717) is 127 Å². The second kappa shape index (κ2) is 20.6. The van der Waals surface area contributed by atoms with Gasteiger partial charge in [-0.05, 0) is 81.4 Å². The van der Waals surface area contributed by atoms with Crippen LogP contribution in [-0.2, 0) is 0 Å². The molecule has 0 unspecified atom stereocenters. The summed E-state index contributed by atoms with van der Waals surface area (Å²) < 4.78 is 11.3. The first-order chi connectivity index (χ1) is 30.0. The predicted octanol–water partition coefficient (Wildman–Crippen LogP) is 9.79. The minimum atomic E-state index is -0.232. The molecule has 1 N–H and O–H groups in total. The van der Waals surface area contributed by atoms with Crippen molar-refractivity contribution in [2.75, 3.05) is 92.1 Å². The molecular weight excluding hydrogens is 874 g/mol. The van der Waals surface area contributed by atoms with Crippen LogP contribution in [0.25, 0.3) is 22.1 Å². The lowest BCUT2D eigenvalue weighted by Gasteiger charge is -2.38. The molecule has 18 heteroatoms. The molecule has 2 saturated heterocycles. The highest BCUT2D eigenvalue weighted by atomic mass is 35.5. The van der Waals surface area contributed by atoms with Crippen LogP contribution in [0.5, 0.6) is 11.8 Å². The molecule has 0 radical (unpaired) electrons. The molecule has 2 aliphatic heterocycles. The third-order valence-electron chi connectivity index (χ3n) is 10.2. The predicted molar refractivity (Wildman–Crippen MR) is 249 cm³/mol. The molecular formula is C44H46Cl4N10O4. The largest absolute Gasteiger partial charge is 0.475 e. The normalized spacial score (nSPS) is 14.0. The lowest BCUT2D eigenvalue weighted by molar-refractivity contribution is 0.200. The SMILES string of the molecule is CCOc1nc2ccccc2nc1N(CC)C(=O)N1CCN(c2cc(Cl)cc(Cl)c2)CC1.CCOc1nc2ccccc2nc1NC(=O)N1CCN(c2cc(Cl)cc(Cl)c2)CC1. The zero-order valence-corrected chi connectivity index (χ0v) is 37.6. The number of piperazine rings is 2. The molecule has 4 aromatic carbocycles. The highest BCUT2D eigenvalue weighted by Gasteiger charge is 2.29. The van der Waals surface area contributed by atoms with E-state index in [4.69, 9.17) is 60.9 Å². The Balaban J connectivity index is 0.000000187. The Morgan fingerprint density at radius 3 is 1.47 bits per heavy atom. The third kappa shape index (κ3) is 10.7. The molecule has 14 nitrogen and oxygen atoms in total. The highest BCUT2D eigenvalue weighted by molar-refractivity contribution is 6.35. The van der Waals surface area contributed by atoms with Crippen LogP contribution in [0.3, 0.4) is 0 Å². The van der Waals surface area contributed by atoms with E-state index in [-0.39, 0.29) is 12.1 Å². The van der Waals surface area contributed by atoms with Gasteiger partial charge in [0.2, 0.25) is 5.82 Å². The second-order valence-electron chi connectivity index (χ2n) is 14.2. The number of carbonyl (C=O) groups excluding carboxylic acids is 2. The average Bonchev–Trinajstić information content (AvgIpc) is 3.27. The number of hydrogen-bond donors (Lipinski definition) is 1. The monoisotopic (exact) mass is 918 g/mol. The van der Waals surface area contributed by atoms with Crippen molar-refractivity contribution < 1.29 is 19.1 Å². The summed E-state index contributed by atoms with van der Waals surface area (Å²) in [5.41, 5.74) is 4.77. The van der Waals surface area contributed by atoms with Crippen molar-refractivity contribution in [2.45, 2.75) is 20.8 Å². The molecule has 0 bridgehead atoms. The van der Waals surface area contributed by atoms with Gasteiger partial charge in [-0.3, -0.25) is 10.2 Å². The Labute approximate surface area is 380 Å². The Morgan fingerprint density at radius 1 is 0.581 bits per heavy atom. The fourth-order valence-electron chi connectivity index (χ4n) is 7.18. The number of urea groups is 2. The summed E-state index contributed by atoms with van der Waals surface area (Å²) in [6, 6.07) is 25.7. The van der Waals surface area contributed by atoms with Crippen molar-refractivity contribution in [3.63, 3.8) is 0 Å². The molecule has 6 aromatic rings. The van der Waals surface area contributed by atoms with Gasteiger partial charge in [-0.15, -0.1) is 0 Å². The topological polar surface area (TPSA) is 132 Å². The minimum absolute atomic E-state index is 0.109. The van der Waals surface area contributed by atoms with Crippen LogP contribution in [0.1, 0.15) is 20.8 Å². The van der Waals surface area contributed by atoms with Crippen molar-refractivity contribution in [3.8, 4) is 11.8 Å². The number of halogens is 4. The molecule has 0 saturated carbocycles. The van der Waals surface area contributed by atoms with E-state index >= 15 is 0 Å². The van der Waals surface area contributed by atoms with Gasteiger partial charge in [0.15, 0.2) is 5.82 Å². The number of ether oxygens (including phenoxy) is 2. The molecule has 4 amide bonds. The Bertz CT molecular complexity index is 2500. The number of nitrogens with zero attached hydrogens (tertiary/aromatic N) is 9. The molecule has 0 spiro atoms. The Morgan fingerprint density at radius 2 is 1.00 bits per heavy atom. The quantitative estimate of drug-likeness (QED) is 0.150. The summed E-state index contributed by atoms with van der Waals surface area (Å²) in [5.74, 6) is 1.46. The van der Waals surface area contributed by atoms with Crippen LogP contribution in [0, 0.1) is 0 Å². The van der Waals surface area contributed by atoms with Gasteiger partial charge in [0, 0.05) is 90.4 Å². The van der Waals surface area contributed by atoms with E-state index < -0.39 is 0 Å². The maximum Gasteiger partial charge on any atom is 0.325 e. The van der Waals surface area contributed by atoms with Crippen molar-refractivity contribution in [2.24, 2.45) is 0 Å². The van der Waals surface area contributed by atoms with Gasteiger partial charge in [0.25, 0.3) is 11.8 Å². The molecule has 0 atom stereocenters. The number of nitrogens with one attached hydrogen (secondary N) is 1. The van der Waals surface area contributed by atoms with Crippen LogP contribution in [0.4, 0.5) is 32.6 Å². The van der Waals surface area contributed by atoms with E-state index in [2.05, 4.69) is 30.1 Å². The molecule has 324 valence electrons. The number of benzene rings is 4. The van der Waals surface area contributed by atoms with E-state index in [1.807, 2.05) is 98.5 Å². The standard InChI is InChI=1S/C23H25Cl2N5O2.C21H21Cl2N5O2/c1-3-30(21-22(32-4-2)27-20-8-6-5-7-19(20)26-21)23(31)29-11-9-28(10-12-29)18-14-16(24)13-17(25)15-18;1-2-30-20-19(24-17-5-3-4-6-18(17)25-20)26-21(29)28-9-7-27(8-10-28)16-12-14(22)11-15(23)13-16/h5-8,13-15H,3-4,9-12H2,1-2H3;3-6,11-13H,2,7-10H2,1H3,(H,24,26,29). The minimum Gasteiger partial charge on any atom is -0.475 e. The number of anilines is 4. The first kappa shape index (κ1) is 44.5. The molecule has 0 aliphatic carbocycles. The van der Waals surface area contributed by atoms with Crippen molar-refractivity contribution in [3.05, 3.63) is 105 Å². The van der Waals surface area contributed by atoms with E-state index in [9.17, 15) is 9.59 Å². The number of rotatable bonds is 9. The zero-order chi connectivity index (χ0) is 43.8. The van der Waals surface area contributed by atoms with E-state index in [1.54, 1.807) is 21.9 Å². The third-order valence-corrected chi connectivity index (χ3v) is 11.1. The maximum absolute atomic E-state index is 13.4. The molecule has 2 aliphatic rings. The fraction of sp³-hybridized carbons (Fsp3) is 0.318. The summed E-state index contributed by atoms with van der Waals surface area (Å²) in [5, 5.41) is 5.24. The van der Waals surface area contributed by atoms with Gasteiger partial charge in [0.05, 0.1) is 35.3 Å². The highest BCUT2D eigenvalue weighted by Crippen LogP contribution is 2.31. The fourth-order valence-corrected chi connectivity index (χ4v) is 8.21. The molecule has 2 fully saturated rings. The van der Waals surface area contributed by atoms with E-state index in [1.165, 1.54) is 0 Å². The Hall–Kier alpha value is -5.54. The van der Waals surface area contributed by atoms with Gasteiger partial charge in [0.1, 0.15) is 0 Å². The first-order valence-corrected chi connectivity index (χ1v) is 21.9. The molecule has 62 heavy (non-hydrogen) atoms. The van der Waals surface area contributed by atoms with Crippen molar-refractivity contribution >= 4 is 104 Å². The van der Waals surface area contributed by atoms with Gasteiger partial charge in [-0.2, -0.15) is 0 Å². The van der Waals surface area contributed by atoms with Crippen LogP contribution in [0.15, 0.2) is 84.9 Å². The van der Waals surface area contributed by atoms with Crippen LogP contribution >= 0.6 is 46.4 Å².